The molecule has 3 amide bonds. The van der Waals surface area contributed by atoms with Crippen molar-refractivity contribution in [3.05, 3.63) is 0 Å². The minimum Gasteiger partial charge on any atom is -0.475 e. The predicted octanol–water partition coefficient (Wildman–Crippen LogP) is -0.726. The number of halogens is 2. The lowest BCUT2D eigenvalue weighted by molar-refractivity contribution is -0.327. The average molecular weight is 364 g/mol. The van der Waals surface area contributed by atoms with Crippen molar-refractivity contribution in [2.45, 2.75) is 43.6 Å². The van der Waals surface area contributed by atoms with Crippen LogP contribution in [0.4, 0.5) is 13.6 Å². The van der Waals surface area contributed by atoms with E-state index in [0.717, 1.165) is 17.9 Å². The van der Waals surface area contributed by atoms with E-state index < -0.39 is 36.1 Å². The van der Waals surface area contributed by atoms with Crippen molar-refractivity contribution in [1.29, 1.82) is 0 Å². The zero-order valence-corrected chi connectivity index (χ0v) is 13.1. The molecule has 3 rings (SSSR count). The number of carboxylic acids is 1. The number of carbonyl (C=O) groups excluding carboxylic acids is 2. The van der Waals surface area contributed by atoms with Crippen LogP contribution < -0.4 is 10.8 Å². The molecule has 3 fully saturated rings. The van der Waals surface area contributed by atoms with Crippen molar-refractivity contribution in [1.82, 2.24) is 20.8 Å². The summed E-state index contributed by atoms with van der Waals surface area (Å²) < 4.78 is 26.5. The molecule has 3 N–H and O–H groups in total. The molecule has 140 valence electrons. The second-order valence-electron chi connectivity index (χ2n) is 6.12. The van der Waals surface area contributed by atoms with Gasteiger partial charge in [-0.15, -0.1) is 0 Å². The molecular weight excluding hydrogens is 346 g/mol. The standard InChI is InChI=1S/C13H18F2N4O6/c14-13(15,11(21)22)25-19-7-1-2-9(18(6-7)12(19)23)10(20)17-24-8-3-4-16-5-8/h7-9,16H,1-6H2,(H,17,20)(H,21,22)/t7-,8-,9-/m0/s1. The Morgan fingerprint density at radius 2 is 2.08 bits per heavy atom. The van der Waals surface area contributed by atoms with Gasteiger partial charge in [-0.3, -0.25) is 9.63 Å². The molecule has 3 aliphatic heterocycles. The maximum atomic E-state index is 13.2. The van der Waals surface area contributed by atoms with E-state index in [-0.39, 0.29) is 25.5 Å². The fraction of sp³-hybridized carbons (Fsp3) is 0.769. The first-order valence-corrected chi connectivity index (χ1v) is 7.86. The zero-order valence-electron chi connectivity index (χ0n) is 13.1. The predicted molar refractivity (Wildman–Crippen MR) is 74.9 cm³/mol. The van der Waals surface area contributed by atoms with Crippen LogP contribution in [0, 0.1) is 0 Å². The number of hydrogen-bond donors (Lipinski definition) is 3. The summed E-state index contributed by atoms with van der Waals surface area (Å²) in [4.78, 5) is 45.4. The second-order valence-corrected chi connectivity index (χ2v) is 6.12. The van der Waals surface area contributed by atoms with Crippen LogP contribution in [0.15, 0.2) is 0 Å². The first kappa shape index (κ1) is 17.8. The molecular formula is C13H18F2N4O6. The summed E-state index contributed by atoms with van der Waals surface area (Å²) >= 11 is 0. The van der Waals surface area contributed by atoms with Gasteiger partial charge in [0.05, 0.1) is 12.1 Å². The number of hydroxylamine groups is 3. The van der Waals surface area contributed by atoms with Gasteiger partial charge in [0, 0.05) is 13.1 Å². The topological polar surface area (TPSA) is 120 Å². The second kappa shape index (κ2) is 6.69. The summed E-state index contributed by atoms with van der Waals surface area (Å²) in [5, 5.41) is 11.8. The molecule has 12 heteroatoms. The minimum atomic E-state index is -4.52. The number of amides is 3. The number of nitrogens with zero attached hydrogens (tertiary/aromatic N) is 2. The number of carbonyl (C=O) groups is 3. The first-order valence-electron chi connectivity index (χ1n) is 7.86. The van der Waals surface area contributed by atoms with Gasteiger partial charge in [0.2, 0.25) is 0 Å². The fourth-order valence-electron chi connectivity index (χ4n) is 3.12. The Kier molecular flexibility index (Phi) is 4.75. The molecule has 0 aliphatic carbocycles. The summed E-state index contributed by atoms with van der Waals surface area (Å²) in [5.74, 6) is -3.05. The van der Waals surface area contributed by atoms with Crippen molar-refractivity contribution >= 4 is 17.9 Å². The van der Waals surface area contributed by atoms with Crippen LogP contribution in [0.25, 0.3) is 0 Å². The minimum absolute atomic E-state index is 0.00238. The van der Waals surface area contributed by atoms with Crippen LogP contribution in [0.2, 0.25) is 0 Å². The lowest BCUT2D eigenvalue weighted by Crippen LogP contribution is -2.50. The average Bonchev–Trinajstić information content (AvgIpc) is 3.16. The monoisotopic (exact) mass is 364 g/mol. The van der Waals surface area contributed by atoms with E-state index in [9.17, 15) is 23.2 Å². The number of carboxylic acid groups (broad SMARTS) is 1. The highest BCUT2D eigenvalue weighted by Gasteiger charge is 2.53. The van der Waals surface area contributed by atoms with Crippen molar-refractivity contribution in [3.8, 4) is 0 Å². The Labute approximate surface area is 140 Å². The quantitative estimate of drug-likeness (QED) is 0.532. The molecule has 0 aromatic rings. The number of aliphatic carboxylic acids is 1. The first-order chi connectivity index (χ1) is 11.8. The summed E-state index contributed by atoms with van der Waals surface area (Å²) in [6.45, 7) is 1.37. The van der Waals surface area contributed by atoms with Crippen LogP contribution in [0.3, 0.4) is 0 Å². The van der Waals surface area contributed by atoms with Gasteiger partial charge in [0.1, 0.15) is 6.04 Å². The summed E-state index contributed by atoms with van der Waals surface area (Å²) in [7, 11) is 0. The molecule has 0 aromatic carbocycles. The number of piperidine rings is 1. The Hall–Kier alpha value is -2.05. The number of alkyl halides is 2. The summed E-state index contributed by atoms with van der Waals surface area (Å²) in [6, 6.07) is -2.59. The van der Waals surface area contributed by atoms with Crippen molar-refractivity contribution in [3.63, 3.8) is 0 Å². The highest BCUT2D eigenvalue weighted by molar-refractivity contribution is 5.88. The molecule has 10 nitrogen and oxygen atoms in total. The SMILES string of the molecule is O=C(NO[C@H]1CCNC1)[C@@H]1CC[C@H]2CN1C(=O)N2OC(F)(F)C(=O)O. The fourth-order valence-corrected chi connectivity index (χ4v) is 3.12. The largest absolute Gasteiger partial charge is 0.476 e. The van der Waals surface area contributed by atoms with E-state index in [1.807, 2.05) is 0 Å². The highest BCUT2D eigenvalue weighted by atomic mass is 19.3. The Bertz CT molecular complexity index is 571. The van der Waals surface area contributed by atoms with Gasteiger partial charge in [-0.1, -0.05) is 0 Å². The van der Waals surface area contributed by atoms with Crippen molar-refractivity contribution in [2.75, 3.05) is 19.6 Å². The number of fused-ring (bicyclic) bond motifs is 2. The smallest absolute Gasteiger partial charge is 0.475 e. The van der Waals surface area contributed by atoms with E-state index in [1.165, 1.54) is 0 Å². The molecule has 0 spiro atoms. The van der Waals surface area contributed by atoms with E-state index >= 15 is 0 Å². The third-order valence-corrected chi connectivity index (χ3v) is 4.43. The van der Waals surface area contributed by atoms with Gasteiger partial charge >= 0.3 is 18.1 Å². The Morgan fingerprint density at radius 3 is 2.72 bits per heavy atom. The van der Waals surface area contributed by atoms with Crippen LogP contribution in [-0.4, -0.2) is 76.9 Å². The molecule has 3 saturated heterocycles. The van der Waals surface area contributed by atoms with E-state index in [0.29, 0.717) is 11.6 Å². The summed E-state index contributed by atoms with van der Waals surface area (Å²) in [6.07, 6.45) is -3.50. The van der Waals surface area contributed by atoms with E-state index in [2.05, 4.69) is 15.6 Å². The number of hydrogen-bond acceptors (Lipinski definition) is 6. The molecule has 0 unspecified atom stereocenters. The van der Waals surface area contributed by atoms with Crippen molar-refractivity contribution < 1.29 is 37.9 Å². The number of nitrogens with one attached hydrogen (secondary N) is 2. The Morgan fingerprint density at radius 1 is 1.32 bits per heavy atom. The lowest BCUT2D eigenvalue weighted by Gasteiger charge is -2.29. The van der Waals surface area contributed by atoms with Gasteiger partial charge in [0.15, 0.2) is 0 Å². The van der Waals surface area contributed by atoms with E-state index in [4.69, 9.17) is 9.94 Å². The number of rotatable bonds is 6. The number of urea groups is 1. The lowest BCUT2D eigenvalue weighted by atomic mass is 10.0. The van der Waals surface area contributed by atoms with Crippen LogP contribution >= 0.6 is 0 Å². The molecule has 3 atom stereocenters. The normalized spacial score (nSPS) is 29.2. The molecule has 0 aromatic heterocycles. The van der Waals surface area contributed by atoms with Gasteiger partial charge < -0.3 is 15.3 Å². The van der Waals surface area contributed by atoms with Crippen LogP contribution in [0.5, 0.6) is 0 Å². The van der Waals surface area contributed by atoms with Crippen LogP contribution in [-0.2, 0) is 19.3 Å². The maximum absolute atomic E-state index is 13.2. The molecule has 25 heavy (non-hydrogen) atoms. The molecule has 2 bridgehead atoms. The maximum Gasteiger partial charge on any atom is 0.476 e. The van der Waals surface area contributed by atoms with Gasteiger partial charge in [-0.2, -0.15) is 18.7 Å². The molecule has 3 aliphatic rings. The van der Waals surface area contributed by atoms with Gasteiger partial charge in [0.25, 0.3) is 5.91 Å². The van der Waals surface area contributed by atoms with Crippen molar-refractivity contribution in [2.24, 2.45) is 0 Å². The third kappa shape index (κ3) is 3.50. The zero-order chi connectivity index (χ0) is 18.2. The van der Waals surface area contributed by atoms with Gasteiger partial charge in [-0.05, 0) is 25.8 Å². The molecule has 0 radical (unpaired) electrons. The molecule has 3 heterocycles. The van der Waals surface area contributed by atoms with E-state index in [1.54, 1.807) is 0 Å². The summed E-state index contributed by atoms with van der Waals surface area (Å²) in [5.41, 5.74) is 2.30. The highest BCUT2D eigenvalue weighted by Crippen LogP contribution is 2.33. The third-order valence-electron chi connectivity index (χ3n) is 4.43. The Balaban J connectivity index is 1.60. The molecule has 0 saturated carbocycles. The van der Waals surface area contributed by atoms with Gasteiger partial charge in [-0.25, -0.2) is 15.1 Å². The van der Waals surface area contributed by atoms with Crippen LogP contribution in [0.1, 0.15) is 19.3 Å².